The number of ketones is 2. The molecule has 2 fully saturated rings. The van der Waals surface area contributed by atoms with Gasteiger partial charge >= 0.3 is 0 Å². The Morgan fingerprint density at radius 1 is 1.14 bits per heavy atom. The van der Waals surface area contributed by atoms with Gasteiger partial charge in [0.15, 0.2) is 23.5 Å². The summed E-state index contributed by atoms with van der Waals surface area (Å²) >= 11 is 0. The van der Waals surface area contributed by atoms with Crippen molar-refractivity contribution in [3.8, 4) is 0 Å². The van der Waals surface area contributed by atoms with E-state index in [1.165, 1.54) is 0 Å². The summed E-state index contributed by atoms with van der Waals surface area (Å²) in [6, 6.07) is 9.61. The standard InChI is InChI=1S/C23H26N2O4/c1-23(2)28-20(13-7-5-4-6-8-13)21(29-23)19(27)15-11-12-16-17(18(15)26)24-22(25(16)3)14-9-10-14/h4-8,14-15,20-21H,9-12H2,1-3H3/t15?,20-,21-/m0/s1. The van der Waals surface area contributed by atoms with Gasteiger partial charge in [0, 0.05) is 18.7 Å². The molecule has 1 saturated carbocycles. The average Bonchev–Trinajstić information content (AvgIpc) is 3.41. The van der Waals surface area contributed by atoms with Gasteiger partial charge in [-0.2, -0.15) is 0 Å². The predicted molar refractivity (Wildman–Crippen MR) is 106 cm³/mol. The molecule has 0 radical (unpaired) electrons. The number of Topliss-reactive ketones (excluding diaryl/α,β-unsaturated/α-hetero) is 2. The minimum Gasteiger partial charge on any atom is -0.339 e. The number of benzene rings is 1. The summed E-state index contributed by atoms with van der Waals surface area (Å²) in [6.07, 6.45) is 2.12. The number of rotatable bonds is 4. The van der Waals surface area contributed by atoms with Crippen molar-refractivity contribution >= 4 is 11.6 Å². The van der Waals surface area contributed by atoms with Gasteiger partial charge in [0.05, 0.1) is 5.92 Å². The molecule has 29 heavy (non-hydrogen) atoms. The Kier molecular flexibility index (Phi) is 4.26. The van der Waals surface area contributed by atoms with Crippen LogP contribution in [0.15, 0.2) is 30.3 Å². The summed E-state index contributed by atoms with van der Waals surface area (Å²) in [5.41, 5.74) is 2.33. The van der Waals surface area contributed by atoms with Crippen LogP contribution in [0.5, 0.6) is 0 Å². The van der Waals surface area contributed by atoms with Crippen LogP contribution in [0.1, 0.15) is 72.7 Å². The lowest BCUT2D eigenvalue weighted by molar-refractivity contribution is -0.156. The lowest BCUT2D eigenvalue weighted by atomic mass is 9.82. The third-order valence-electron chi connectivity index (χ3n) is 6.26. The third kappa shape index (κ3) is 3.15. The van der Waals surface area contributed by atoms with Crippen LogP contribution in [-0.2, 0) is 27.7 Å². The minimum absolute atomic E-state index is 0.168. The Morgan fingerprint density at radius 2 is 1.86 bits per heavy atom. The van der Waals surface area contributed by atoms with E-state index >= 15 is 0 Å². The molecule has 3 aliphatic rings. The van der Waals surface area contributed by atoms with Crippen LogP contribution in [0.2, 0.25) is 0 Å². The molecule has 0 N–H and O–H groups in total. The topological polar surface area (TPSA) is 70.4 Å². The molecule has 152 valence electrons. The van der Waals surface area contributed by atoms with E-state index < -0.39 is 23.9 Å². The molecule has 2 heterocycles. The van der Waals surface area contributed by atoms with E-state index in [2.05, 4.69) is 9.55 Å². The molecule has 1 aromatic heterocycles. The number of nitrogens with zero attached hydrogens (tertiary/aromatic N) is 2. The second kappa shape index (κ2) is 6.61. The van der Waals surface area contributed by atoms with Crippen LogP contribution in [0.3, 0.4) is 0 Å². The Bertz CT molecular complexity index is 974. The molecule has 6 nitrogen and oxygen atoms in total. The smallest absolute Gasteiger partial charge is 0.193 e. The normalized spacial score (nSPS) is 28.4. The van der Waals surface area contributed by atoms with Crippen molar-refractivity contribution in [3.05, 3.63) is 53.1 Å². The summed E-state index contributed by atoms with van der Waals surface area (Å²) in [5.74, 6) is -0.522. The molecule has 2 aliphatic carbocycles. The van der Waals surface area contributed by atoms with Gasteiger partial charge in [0.1, 0.15) is 17.6 Å². The highest BCUT2D eigenvalue weighted by atomic mass is 16.8. The molecule has 1 saturated heterocycles. The molecule has 5 rings (SSSR count). The first-order valence-corrected chi connectivity index (χ1v) is 10.4. The van der Waals surface area contributed by atoms with Gasteiger partial charge in [0.25, 0.3) is 0 Å². The van der Waals surface area contributed by atoms with E-state index in [0.29, 0.717) is 24.5 Å². The fourth-order valence-corrected chi connectivity index (χ4v) is 4.64. The highest BCUT2D eigenvalue weighted by Gasteiger charge is 2.50. The van der Waals surface area contributed by atoms with Gasteiger partial charge in [-0.25, -0.2) is 4.98 Å². The molecule has 0 spiro atoms. The summed E-state index contributed by atoms with van der Waals surface area (Å²) in [5, 5.41) is 0. The lowest BCUT2D eigenvalue weighted by Gasteiger charge is -2.24. The van der Waals surface area contributed by atoms with Crippen LogP contribution in [-0.4, -0.2) is 33.0 Å². The molecule has 1 aliphatic heterocycles. The van der Waals surface area contributed by atoms with Crippen LogP contribution in [0.25, 0.3) is 0 Å². The molecule has 1 unspecified atom stereocenters. The zero-order chi connectivity index (χ0) is 20.3. The van der Waals surface area contributed by atoms with E-state index in [1.54, 1.807) is 13.8 Å². The van der Waals surface area contributed by atoms with Gasteiger partial charge < -0.3 is 14.0 Å². The molecule has 2 aromatic rings. The quantitative estimate of drug-likeness (QED) is 0.743. The molecular weight excluding hydrogens is 368 g/mol. The highest BCUT2D eigenvalue weighted by Crippen LogP contribution is 2.43. The van der Waals surface area contributed by atoms with Gasteiger partial charge in [-0.15, -0.1) is 0 Å². The van der Waals surface area contributed by atoms with E-state index in [0.717, 1.165) is 29.9 Å². The number of fused-ring (bicyclic) bond motifs is 1. The van der Waals surface area contributed by atoms with Crippen molar-refractivity contribution in [1.82, 2.24) is 9.55 Å². The van der Waals surface area contributed by atoms with Crippen molar-refractivity contribution < 1.29 is 19.1 Å². The van der Waals surface area contributed by atoms with Crippen molar-refractivity contribution in [2.24, 2.45) is 13.0 Å². The first-order valence-electron chi connectivity index (χ1n) is 10.4. The highest BCUT2D eigenvalue weighted by molar-refractivity contribution is 6.12. The van der Waals surface area contributed by atoms with Crippen molar-refractivity contribution in [2.45, 2.75) is 63.4 Å². The molecule has 3 atom stereocenters. The fraction of sp³-hybridized carbons (Fsp3) is 0.522. The maximum atomic E-state index is 13.5. The number of hydrogen-bond donors (Lipinski definition) is 0. The van der Waals surface area contributed by atoms with E-state index in [4.69, 9.17) is 9.47 Å². The molecule has 0 bridgehead atoms. The van der Waals surface area contributed by atoms with Crippen LogP contribution in [0.4, 0.5) is 0 Å². The number of ether oxygens (including phenoxy) is 2. The summed E-state index contributed by atoms with van der Waals surface area (Å²) in [7, 11) is 1.98. The number of carbonyl (C=O) groups is 2. The largest absolute Gasteiger partial charge is 0.339 e. The Balaban J connectivity index is 1.44. The Morgan fingerprint density at radius 3 is 2.55 bits per heavy atom. The van der Waals surface area contributed by atoms with Crippen LogP contribution in [0, 0.1) is 5.92 Å². The SMILES string of the molecule is Cn1c(C2CC2)nc2c1CCC(C(=O)[C@@H]1OC(C)(C)O[C@H]1c1ccccc1)C2=O. The number of hydrogen-bond acceptors (Lipinski definition) is 5. The number of carbonyl (C=O) groups excluding carboxylic acids is 2. The van der Waals surface area contributed by atoms with Crippen molar-refractivity contribution in [3.63, 3.8) is 0 Å². The second-order valence-electron chi connectivity index (χ2n) is 8.84. The second-order valence-corrected chi connectivity index (χ2v) is 8.84. The van der Waals surface area contributed by atoms with Crippen LogP contribution >= 0.6 is 0 Å². The number of aromatic nitrogens is 2. The predicted octanol–water partition coefficient (Wildman–Crippen LogP) is 3.50. The lowest BCUT2D eigenvalue weighted by Crippen LogP contribution is -2.39. The fourth-order valence-electron chi connectivity index (χ4n) is 4.64. The summed E-state index contributed by atoms with van der Waals surface area (Å²) in [6.45, 7) is 3.61. The van der Waals surface area contributed by atoms with Gasteiger partial charge in [-0.1, -0.05) is 30.3 Å². The molecule has 6 heteroatoms. The van der Waals surface area contributed by atoms with E-state index in [9.17, 15) is 9.59 Å². The van der Waals surface area contributed by atoms with Gasteiger partial charge in [0.2, 0.25) is 0 Å². The molecular formula is C23H26N2O4. The Labute approximate surface area is 170 Å². The maximum absolute atomic E-state index is 13.5. The van der Waals surface area contributed by atoms with Crippen LogP contribution < -0.4 is 0 Å². The third-order valence-corrected chi connectivity index (χ3v) is 6.26. The molecule has 0 amide bonds. The van der Waals surface area contributed by atoms with Gasteiger partial charge in [-0.3, -0.25) is 9.59 Å². The average molecular weight is 394 g/mol. The summed E-state index contributed by atoms with van der Waals surface area (Å²) < 4.78 is 14.1. The summed E-state index contributed by atoms with van der Waals surface area (Å²) in [4.78, 5) is 31.4. The van der Waals surface area contributed by atoms with Gasteiger partial charge in [-0.05, 0) is 45.1 Å². The number of imidazole rings is 1. The first kappa shape index (κ1) is 18.7. The first-order chi connectivity index (χ1) is 13.9. The van der Waals surface area contributed by atoms with E-state index in [-0.39, 0.29) is 11.6 Å². The zero-order valence-corrected chi connectivity index (χ0v) is 17.1. The molecule has 1 aromatic carbocycles. The van der Waals surface area contributed by atoms with Crippen molar-refractivity contribution in [2.75, 3.05) is 0 Å². The zero-order valence-electron chi connectivity index (χ0n) is 17.1. The minimum atomic E-state index is -0.881. The van der Waals surface area contributed by atoms with E-state index in [1.807, 2.05) is 37.4 Å². The van der Waals surface area contributed by atoms with Crippen molar-refractivity contribution in [1.29, 1.82) is 0 Å². The monoisotopic (exact) mass is 394 g/mol. The maximum Gasteiger partial charge on any atom is 0.193 e. The Hall–Kier alpha value is -2.31.